The number of aliphatic hydroxyl groups is 1. The second-order valence-corrected chi connectivity index (χ2v) is 10.5. The van der Waals surface area contributed by atoms with Crippen LogP contribution in [0.5, 0.6) is 5.75 Å². The Balaban J connectivity index is 1.67. The van der Waals surface area contributed by atoms with Crippen molar-refractivity contribution in [2.75, 3.05) is 46.0 Å². The monoisotopic (exact) mass is 560 g/mol. The third-order valence-electron chi connectivity index (χ3n) is 6.98. The first-order chi connectivity index (χ1) is 18.3. The number of morpholine rings is 1. The summed E-state index contributed by atoms with van der Waals surface area (Å²) < 4.78 is 11.2. The number of hydrogen-bond donors (Lipinski definition) is 1. The fourth-order valence-electron chi connectivity index (χ4n) is 4.87. The Labute approximate surface area is 233 Å². The van der Waals surface area contributed by atoms with E-state index in [1.165, 1.54) is 4.90 Å². The molecule has 7 nitrogen and oxygen atoms in total. The van der Waals surface area contributed by atoms with Gasteiger partial charge in [-0.2, -0.15) is 0 Å². The highest BCUT2D eigenvalue weighted by Crippen LogP contribution is 2.41. The van der Waals surface area contributed by atoms with Gasteiger partial charge < -0.3 is 19.5 Å². The zero-order chi connectivity index (χ0) is 27.2. The molecule has 2 aliphatic heterocycles. The van der Waals surface area contributed by atoms with Crippen LogP contribution in [-0.4, -0.2) is 72.6 Å². The number of unbranched alkanes of at least 4 members (excludes halogenated alkanes) is 1. The van der Waals surface area contributed by atoms with Gasteiger partial charge in [-0.25, -0.2) is 0 Å². The van der Waals surface area contributed by atoms with Crippen LogP contribution >= 0.6 is 23.2 Å². The molecule has 2 aromatic rings. The molecule has 0 bridgehead atoms. The smallest absolute Gasteiger partial charge is 0.295 e. The predicted molar refractivity (Wildman–Crippen MR) is 149 cm³/mol. The number of rotatable bonds is 10. The Morgan fingerprint density at radius 1 is 1.05 bits per heavy atom. The SMILES string of the molecule is CCCCOc1ccc(/C(O)=C2\C(=O)C(=O)N(CCCN3CCOCC3)C2c2ccc(Cl)c(Cl)c2)cc1C. The number of ketones is 1. The molecule has 1 atom stereocenters. The number of aliphatic hydroxyl groups excluding tert-OH is 1. The van der Waals surface area contributed by atoms with E-state index in [0.29, 0.717) is 54.0 Å². The number of ether oxygens (including phenoxy) is 2. The maximum absolute atomic E-state index is 13.3. The number of benzene rings is 2. The standard InChI is InChI=1S/C29H34Cl2N2O5/c1-3-4-14-38-24-9-7-21(17-19(24)2)27(34)25-26(20-6-8-22(30)23(31)18-20)33(29(36)28(25)35)11-5-10-32-12-15-37-16-13-32/h6-9,17-18,26,34H,3-5,10-16H2,1-2H3/b27-25+. The molecule has 0 aliphatic carbocycles. The highest BCUT2D eigenvalue weighted by molar-refractivity contribution is 6.46. The number of halogens is 2. The van der Waals surface area contributed by atoms with Gasteiger partial charge in [-0.1, -0.05) is 42.6 Å². The number of carbonyl (C=O) groups excluding carboxylic acids is 2. The molecule has 9 heteroatoms. The maximum atomic E-state index is 13.3. The van der Waals surface area contributed by atoms with Crippen molar-refractivity contribution in [1.82, 2.24) is 9.80 Å². The molecule has 0 aromatic heterocycles. The van der Waals surface area contributed by atoms with Crippen molar-refractivity contribution < 1.29 is 24.2 Å². The molecule has 1 unspecified atom stereocenters. The lowest BCUT2D eigenvalue weighted by Crippen LogP contribution is -2.38. The topological polar surface area (TPSA) is 79.3 Å². The molecule has 38 heavy (non-hydrogen) atoms. The van der Waals surface area contributed by atoms with Crippen molar-refractivity contribution in [3.8, 4) is 5.75 Å². The van der Waals surface area contributed by atoms with Crippen LogP contribution in [0.2, 0.25) is 10.0 Å². The second-order valence-electron chi connectivity index (χ2n) is 9.66. The largest absolute Gasteiger partial charge is 0.507 e. The predicted octanol–water partition coefficient (Wildman–Crippen LogP) is 5.62. The van der Waals surface area contributed by atoms with Crippen LogP contribution in [0.1, 0.15) is 48.9 Å². The number of amides is 1. The van der Waals surface area contributed by atoms with E-state index in [1.807, 2.05) is 6.92 Å². The van der Waals surface area contributed by atoms with Crippen molar-refractivity contribution in [2.45, 2.75) is 39.2 Å². The van der Waals surface area contributed by atoms with E-state index in [9.17, 15) is 14.7 Å². The minimum atomic E-state index is -0.782. The van der Waals surface area contributed by atoms with E-state index < -0.39 is 17.7 Å². The van der Waals surface area contributed by atoms with Crippen LogP contribution in [0.25, 0.3) is 5.76 Å². The molecule has 2 heterocycles. The van der Waals surface area contributed by atoms with Crippen LogP contribution in [-0.2, 0) is 14.3 Å². The first-order valence-corrected chi connectivity index (χ1v) is 13.8. The summed E-state index contributed by atoms with van der Waals surface area (Å²) in [6.07, 6.45) is 2.65. The highest BCUT2D eigenvalue weighted by atomic mass is 35.5. The third-order valence-corrected chi connectivity index (χ3v) is 7.72. The number of nitrogens with zero attached hydrogens (tertiary/aromatic N) is 2. The number of aryl methyl sites for hydroxylation is 1. The Hall–Kier alpha value is -2.58. The van der Waals surface area contributed by atoms with Crippen LogP contribution in [0.15, 0.2) is 42.0 Å². The fraction of sp³-hybridized carbons (Fsp3) is 0.448. The third kappa shape index (κ3) is 6.34. The van der Waals surface area contributed by atoms with Crippen molar-refractivity contribution in [2.24, 2.45) is 0 Å². The molecule has 2 aromatic carbocycles. The van der Waals surface area contributed by atoms with Crippen LogP contribution in [0.3, 0.4) is 0 Å². The summed E-state index contributed by atoms with van der Waals surface area (Å²) in [6.45, 7) is 8.78. The Morgan fingerprint density at radius 3 is 2.50 bits per heavy atom. The van der Waals surface area contributed by atoms with Gasteiger partial charge in [-0.15, -0.1) is 0 Å². The van der Waals surface area contributed by atoms with Gasteiger partial charge in [0, 0.05) is 31.7 Å². The summed E-state index contributed by atoms with van der Waals surface area (Å²) in [5.74, 6) is -0.857. The molecule has 1 amide bonds. The number of carbonyl (C=O) groups is 2. The van der Waals surface area contributed by atoms with Crippen LogP contribution < -0.4 is 4.74 Å². The summed E-state index contributed by atoms with van der Waals surface area (Å²) in [6, 6.07) is 9.51. The van der Waals surface area contributed by atoms with E-state index >= 15 is 0 Å². The van der Waals surface area contributed by atoms with E-state index in [-0.39, 0.29) is 11.3 Å². The fourth-order valence-corrected chi connectivity index (χ4v) is 5.18. The van der Waals surface area contributed by atoms with Gasteiger partial charge in [0.1, 0.15) is 11.5 Å². The summed E-state index contributed by atoms with van der Waals surface area (Å²) in [7, 11) is 0. The molecule has 0 radical (unpaired) electrons. The lowest BCUT2D eigenvalue weighted by Gasteiger charge is -2.29. The molecular formula is C29H34Cl2N2O5. The summed E-state index contributed by atoms with van der Waals surface area (Å²) in [5.41, 5.74) is 1.93. The lowest BCUT2D eigenvalue weighted by atomic mass is 9.94. The van der Waals surface area contributed by atoms with E-state index in [4.69, 9.17) is 32.7 Å². The first-order valence-electron chi connectivity index (χ1n) is 13.1. The molecule has 2 fully saturated rings. The van der Waals surface area contributed by atoms with Crippen LogP contribution in [0.4, 0.5) is 0 Å². The average Bonchev–Trinajstić information content (AvgIpc) is 3.16. The number of hydrogen-bond acceptors (Lipinski definition) is 6. The van der Waals surface area contributed by atoms with Crippen LogP contribution in [0, 0.1) is 6.92 Å². The minimum Gasteiger partial charge on any atom is -0.507 e. The van der Waals surface area contributed by atoms with Gasteiger partial charge in [-0.3, -0.25) is 14.5 Å². The number of likely N-dealkylation sites (tertiary alicyclic amines) is 1. The van der Waals surface area contributed by atoms with Crippen molar-refractivity contribution in [3.63, 3.8) is 0 Å². The second kappa shape index (κ2) is 13.0. The van der Waals surface area contributed by atoms with Crippen molar-refractivity contribution >= 4 is 40.7 Å². The molecule has 2 aliphatic rings. The van der Waals surface area contributed by atoms with Crippen molar-refractivity contribution in [3.05, 3.63) is 68.7 Å². The molecule has 0 spiro atoms. The summed E-state index contributed by atoms with van der Waals surface area (Å²) in [5, 5.41) is 12.1. The molecule has 4 rings (SSSR count). The van der Waals surface area contributed by atoms with Gasteiger partial charge in [0.05, 0.1) is 41.5 Å². The Kier molecular flexibility index (Phi) is 9.71. The normalized spacial score (nSPS) is 19.8. The zero-order valence-electron chi connectivity index (χ0n) is 21.8. The van der Waals surface area contributed by atoms with Crippen molar-refractivity contribution in [1.29, 1.82) is 0 Å². The lowest BCUT2D eigenvalue weighted by molar-refractivity contribution is -0.140. The molecular weight excluding hydrogens is 527 g/mol. The maximum Gasteiger partial charge on any atom is 0.295 e. The van der Waals surface area contributed by atoms with Gasteiger partial charge >= 0.3 is 0 Å². The van der Waals surface area contributed by atoms with E-state index in [1.54, 1.807) is 36.4 Å². The zero-order valence-corrected chi connectivity index (χ0v) is 23.4. The number of Topliss-reactive ketones (excluding diaryl/α,β-unsaturated/α-hetero) is 1. The van der Waals surface area contributed by atoms with E-state index in [2.05, 4.69) is 11.8 Å². The molecule has 0 saturated carbocycles. The summed E-state index contributed by atoms with van der Waals surface area (Å²) in [4.78, 5) is 30.4. The van der Waals surface area contributed by atoms with Gasteiger partial charge in [-0.05, 0) is 61.2 Å². The summed E-state index contributed by atoms with van der Waals surface area (Å²) >= 11 is 12.5. The van der Waals surface area contributed by atoms with Gasteiger partial charge in [0.15, 0.2) is 0 Å². The van der Waals surface area contributed by atoms with Gasteiger partial charge in [0.25, 0.3) is 11.7 Å². The minimum absolute atomic E-state index is 0.0406. The quantitative estimate of drug-likeness (QED) is 0.176. The Morgan fingerprint density at radius 2 is 1.82 bits per heavy atom. The molecule has 2 saturated heterocycles. The van der Waals surface area contributed by atoms with E-state index in [0.717, 1.165) is 43.8 Å². The molecule has 1 N–H and O–H groups in total. The first kappa shape index (κ1) is 28.4. The highest BCUT2D eigenvalue weighted by Gasteiger charge is 2.46. The average molecular weight is 562 g/mol. The molecule has 204 valence electrons. The van der Waals surface area contributed by atoms with Gasteiger partial charge in [0.2, 0.25) is 0 Å². The Bertz CT molecular complexity index is 1210.